The van der Waals surface area contributed by atoms with Crippen molar-refractivity contribution < 1.29 is 19.4 Å². The maximum Gasteiger partial charge on any atom is 0.312 e. The number of ether oxygens (including phenoxy) is 1. The highest BCUT2D eigenvalue weighted by atomic mass is 16.5. The predicted octanol–water partition coefficient (Wildman–Crippen LogP) is 8.66. The van der Waals surface area contributed by atoms with Crippen LogP contribution in [-0.2, 0) is 20.9 Å². The van der Waals surface area contributed by atoms with E-state index in [-0.39, 0.29) is 39.2 Å². The number of hydrogen-bond acceptors (Lipinski definition) is 4. The van der Waals surface area contributed by atoms with E-state index in [9.17, 15) is 14.7 Å². The molecule has 0 amide bonds. The van der Waals surface area contributed by atoms with Gasteiger partial charge in [0.15, 0.2) is 5.76 Å². The van der Waals surface area contributed by atoms with Gasteiger partial charge in [-0.25, -0.2) is 0 Å². The van der Waals surface area contributed by atoms with Crippen molar-refractivity contribution in [2.24, 2.45) is 33.0 Å². The Morgan fingerprint density at radius 1 is 0.976 bits per heavy atom. The molecule has 5 aliphatic rings. The van der Waals surface area contributed by atoms with Crippen molar-refractivity contribution in [3.05, 3.63) is 81.7 Å². The van der Waals surface area contributed by atoms with E-state index in [1.54, 1.807) is 6.08 Å². The normalized spacial score (nSPS) is 39.8. The summed E-state index contributed by atoms with van der Waals surface area (Å²) in [6, 6.07) is 8.20. The molecule has 5 aliphatic carbocycles. The van der Waals surface area contributed by atoms with Crippen LogP contribution in [0.2, 0.25) is 0 Å². The van der Waals surface area contributed by atoms with Gasteiger partial charge in [0.2, 0.25) is 5.78 Å². The van der Waals surface area contributed by atoms with Crippen LogP contribution in [0.3, 0.4) is 0 Å². The fraction of sp³-hybridized carbons (Fsp3) is 0.568. The highest BCUT2D eigenvalue weighted by molar-refractivity contribution is 6.06. The second-order valence-electron chi connectivity index (χ2n) is 15.2. The van der Waals surface area contributed by atoms with Gasteiger partial charge in [0.25, 0.3) is 0 Å². The zero-order valence-electron chi connectivity index (χ0n) is 25.9. The van der Waals surface area contributed by atoms with Gasteiger partial charge in [0.05, 0.1) is 5.41 Å². The quantitative estimate of drug-likeness (QED) is 0.380. The van der Waals surface area contributed by atoms with E-state index < -0.39 is 5.41 Å². The summed E-state index contributed by atoms with van der Waals surface area (Å²) in [5, 5.41) is 10.4. The lowest BCUT2D eigenvalue weighted by molar-refractivity contribution is -0.183. The van der Waals surface area contributed by atoms with Gasteiger partial charge in [-0.2, -0.15) is 0 Å². The van der Waals surface area contributed by atoms with Crippen LogP contribution < -0.4 is 0 Å². The fourth-order valence-electron chi connectivity index (χ4n) is 9.77. The summed E-state index contributed by atoms with van der Waals surface area (Å²) in [6.07, 6.45) is 13.2. The average molecular weight is 555 g/mol. The zero-order chi connectivity index (χ0) is 29.6. The van der Waals surface area contributed by atoms with E-state index in [1.807, 2.05) is 19.1 Å². The van der Waals surface area contributed by atoms with Crippen LogP contribution in [0.4, 0.5) is 0 Å². The molecule has 3 fully saturated rings. The summed E-state index contributed by atoms with van der Waals surface area (Å²) < 4.78 is 6.00. The first kappa shape index (κ1) is 28.2. The van der Waals surface area contributed by atoms with E-state index in [0.29, 0.717) is 18.1 Å². The van der Waals surface area contributed by atoms with Crippen molar-refractivity contribution in [1.29, 1.82) is 0 Å². The number of allylic oxidation sites excluding steroid dienone is 7. The Labute approximate surface area is 245 Å². The van der Waals surface area contributed by atoms with E-state index >= 15 is 0 Å². The third kappa shape index (κ3) is 3.92. The van der Waals surface area contributed by atoms with Gasteiger partial charge in [0, 0.05) is 11.0 Å². The molecule has 0 heterocycles. The standard InChI is InChI=1S/C37H46O4/c1-23-9-8-10-25(19-23)22-41-32(40)34(4)14-13-33(3)15-17-36(6)29-12-11-26-24(2)31(39)28(38)20-27(26)35(29,5)16-18-37(36,7)30(33)21-34/h8-12,19-20,30,39H,13-18,21-22H2,1-7H3/t30-,33-,34-,35+,36-,37+/m1/s1. The second-order valence-corrected chi connectivity index (χ2v) is 15.2. The smallest absolute Gasteiger partial charge is 0.312 e. The largest absolute Gasteiger partial charge is 0.504 e. The van der Waals surface area contributed by atoms with Gasteiger partial charge in [-0.15, -0.1) is 0 Å². The molecule has 6 rings (SSSR count). The fourth-order valence-corrected chi connectivity index (χ4v) is 9.77. The van der Waals surface area contributed by atoms with Crippen molar-refractivity contribution >= 4 is 11.8 Å². The highest BCUT2D eigenvalue weighted by Crippen LogP contribution is 2.75. The molecule has 4 nitrogen and oxygen atoms in total. The number of esters is 1. The Kier molecular flexibility index (Phi) is 6.24. The third-order valence-corrected chi connectivity index (χ3v) is 12.8. The summed E-state index contributed by atoms with van der Waals surface area (Å²) in [7, 11) is 0. The molecule has 6 atom stereocenters. The molecule has 1 N–H and O–H groups in total. The maximum absolute atomic E-state index is 13.7. The molecular formula is C37H46O4. The van der Waals surface area contributed by atoms with Crippen molar-refractivity contribution in [3.8, 4) is 0 Å². The number of fused-ring (bicyclic) bond motifs is 7. The molecule has 0 radical (unpaired) electrons. The summed E-state index contributed by atoms with van der Waals surface area (Å²) in [5.74, 6) is -0.0759. The number of rotatable bonds is 3. The number of aryl methyl sites for hydroxylation is 1. The minimum absolute atomic E-state index is 0.0153. The van der Waals surface area contributed by atoms with E-state index in [2.05, 4.69) is 65.8 Å². The number of ketones is 1. The monoisotopic (exact) mass is 554 g/mol. The van der Waals surface area contributed by atoms with Crippen LogP contribution >= 0.6 is 0 Å². The number of aliphatic hydroxyl groups is 1. The first-order valence-electron chi connectivity index (χ1n) is 15.5. The summed E-state index contributed by atoms with van der Waals surface area (Å²) >= 11 is 0. The topological polar surface area (TPSA) is 63.6 Å². The minimum atomic E-state index is -0.498. The second kappa shape index (κ2) is 9.06. The van der Waals surface area contributed by atoms with Gasteiger partial charge in [-0.05, 0) is 111 Å². The Hall–Kier alpha value is -2.88. The number of aliphatic hydroxyl groups excluding tert-OH is 1. The summed E-state index contributed by atoms with van der Waals surface area (Å²) in [5.41, 5.74) is 5.80. The molecule has 3 saturated carbocycles. The average Bonchev–Trinajstić information content (AvgIpc) is 2.93. The molecule has 0 aliphatic heterocycles. The van der Waals surface area contributed by atoms with Crippen LogP contribution in [0.5, 0.6) is 0 Å². The zero-order valence-corrected chi connectivity index (χ0v) is 25.9. The first-order chi connectivity index (χ1) is 19.2. The summed E-state index contributed by atoms with van der Waals surface area (Å²) in [4.78, 5) is 26.5. The van der Waals surface area contributed by atoms with Crippen LogP contribution in [0.15, 0.2) is 70.5 Å². The van der Waals surface area contributed by atoms with Crippen molar-refractivity contribution in [2.45, 2.75) is 100 Å². The lowest BCUT2D eigenvalue weighted by atomic mass is 9.34. The van der Waals surface area contributed by atoms with Gasteiger partial charge < -0.3 is 9.84 Å². The molecule has 41 heavy (non-hydrogen) atoms. The van der Waals surface area contributed by atoms with Crippen molar-refractivity contribution in [3.63, 3.8) is 0 Å². The molecule has 218 valence electrons. The van der Waals surface area contributed by atoms with Crippen molar-refractivity contribution in [2.75, 3.05) is 0 Å². The molecular weight excluding hydrogens is 508 g/mol. The summed E-state index contributed by atoms with van der Waals surface area (Å²) in [6.45, 7) is 16.1. The van der Waals surface area contributed by atoms with Crippen LogP contribution in [-0.4, -0.2) is 16.9 Å². The molecule has 0 aromatic heterocycles. The number of benzene rings is 1. The Morgan fingerprint density at radius 3 is 2.44 bits per heavy atom. The Balaban J connectivity index is 1.33. The molecule has 0 bridgehead atoms. The lowest BCUT2D eigenvalue weighted by Gasteiger charge is -2.70. The molecule has 0 unspecified atom stereocenters. The predicted molar refractivity (Wildman–Crippen MR) is 162 cm³/mol. The van der Waals surface area contributed by atoms with E-state index in [1.165, 1.54) is 11.1 Å². The van der Waals surface area contributed by atoms with Gasteiger partial charge in [-0.1, -0.05) is 75.2 Å². The van der Waals surface area contributed by atoms with E-state index in [0.717, 1.165) is 61.7 Å². The third-order valence-electron chi connectivity index (χ3n) is 12.8. The maximum atomic E-state index is 13.7. The molecule has 1 aromatic carbocycles. The molecule has 1 aromatic rings. The van der Waals surface area contributed by atoms with Gasteiger partial charge in [0.1, 0.15) is 6.61 Å². The van der Waals surface area contributed by atoms with Crippen LogP contribution in [0.25, 0.3) is 0 Å². The lowest BCUT2D eigenvalue weighted by Crippen LogP contribution is -2.62. The van der Waals surface area contributed by atoms with Crippen molar-refractivity contribution in [1.82, 2.24) is 0 Å². The Bertz CT molecular complexity index is 1470. The minimum Gasteiger partial charge on any atom is -0.504 e. The SMILES string of the molecule is CC1=C(O)C(=O)C=C2C1=CC=C1[C@@]2(C)CC[C@@]2(C)[C@@H]3C[C@](C)(C(=O)OCc4cccc(C)c4)CC[C@]3(C)CC[C@]12C. The van der Waals surface area contributed by atoms with E-state index in [4.69, 9.17) is 4.74 Å². The van der Waals surface area contributed by atoms with Crippen LogP contribution in [0.1, 0.15) is 97.6 Å². The molecule has 0 spiro atoms. The van der Waals surface area contributed by atoms with Gasteiger partial charge in [-0.3, -0.25) is 9.59 Å². The van der Waals surface area contributed by atoms with Crippen LogP contribution in [0, 0.1) is 39.9 Å². The Morgan fingerprint density at radius 2 is 1.71 bits per heavy atom. The number of carbonyl (C=O) groups excluding carboxylic acids is 2. The number of hydrogen-bond donors (Lipinski definition) is 1. The van der Waals surface area contributed by atoms with Gasteiger partial charge >= 0.3 is 5.97 Å². The highest BCUT2D eigenvalue weighted by Gasteiger charge is 2.67. The molecule has 4 heteroatoms. The first-order valence-corrected chi connectivity index (χ1v) is 15.5. The molecule has 0 saturated heterocycles. The number of carbonyl (C=O) groups is 2.